The molecule has 0 unspecified atom stereocenters. The Balaban J connectivity index is 0.000000423. The third kappa shape index (κ3) is 7.07. The Labute approximate surface area is 237 Å². The van der Waals surface area contributed by atoms with Crippen molar-refractivity contribution < 1.29 is 17.9 Å². The van der Waals surface area contributed by atoms with Crippen LogP contribution in [0.4, 0.5) is 30.4 Å². The van der Waals surface area contributed by atoms with Gasteiger partial charge in [0, 0.05) is 80.3 Å². The molecule has 41 heavy (non-hydrogen) atoms. The first kappa shape index (κ1) is 28.7. The molecular weight excluding hydrogens is 533 g/mol. The predicted octanol–water partition coefficient (Wildman–Crippen LogP) is 4.81. The van der Waals surface area contributed by atoms with Crippen molar-refractivity contribution in [3.05, 3.63) is 65.9 Å². The van der Waals surface area contributed by atoms with Crippen LogP contribution in [0.1, 0.15) is 17.7 Å². The summed E-state index contributed by atoms with van der Waals surface area (Å²) in [5.74, 6) is -1.36. The number of aromatic nitrogens is 3. The summed E-state index contributed by atoms with van der Waals surface area (Å²) < 4.78 is 48.6. The molecule has 2 fully saturated rings. The van der Waals surface area contributed by atoms with Gasteiger partial charge in [-0.05, 0) is 56.4 Å². The zero-order valence-corrected chi connectivity index (χ0v) is 23.2. The van der Waals surface area contributed by atoms with Gasteiger partial charge in [0.1, 0.15) is 17.7 Å². The molecule has 12 heteroatoms. The van der Waals surface area contributed by atoms with E-state index >= 15 is 0 Å². The molecule has 0 aliphatic carbocycles. The van der Waals surface area contributed by atoms with Gasteiger partial charge in [-0.3, -0.25) is 0 Å². The number of aromatic amines is 1. The molecule has 4 N–H and O–H groups in total. The standard InChI is InChI=1S/C24H23F3N6O.C5H12N2/c1-14-12-17-18(31-14)6-7-19(21(17)25)34-24-20(22(26)27)23(29-13-30-24)32-15-2-4-16(5-3-15)33-10-8-28-9-11-33;1-7-4-2-6-3-5-7/h2-7,12-13,22,28,31H,8-11H2,1H3,(H,29,30,32);6H,2-5H2,1H3. The first-order valence-electron chi connectivity index (χ1n) is 13.7. The van der Waals surface area contributed by atoms with Crippen LogP contribution in [0.2, 0.25) is 0 Å². The maximum atomic E-state index is 14.9. The van der Waals surface area contributed by atoms with Crippen molar-refractivity contribution in [1.29, 1.82) is 0 Å². The second kappa shape index (κ2) is 13.2. The minimum Gasteiger partial charge on any atom is -0.435 e. The van der Waals surface area contributed by atoms with Crippen molar-refractivity contribution in [2.24, 2.45) is 0 Å². The summed E-state index contributed by atoms with van der Waals surface area (Å²) in [5.41, 5.74) is 2.46. The van der Waals surface area contributed by atoms with Gasteiger partial charge in [-0.2, -0.15) is 0 Å². The second-order valence-corrected chi connectivity index (χ2v) is 10.1. The van der Waals surface area contributed by atoms with Crippen molar-refractivity contribution >= 4 is 28.1 Å². The molecule has 2 aliphatic heterocycles. The lowest BCUT2D eigenvalue weighted by molar-refractivity contribution is 0.147. The summed E-state index contributed by atoms with van der Waals surface area (Å²) in [4.78, 5) is 15.4. The maximum Gasteiger partial charge on any atom is 0.272 e. The zero-order valence-electron chi connectivity index (χ0n) is 23.2. The number of likely N-dealkylation sites (N-methyl/N-ethyl adjacent to an activating group) is 1. The average Bonchev–Trinajstić information content (AvgIpc) is 3.37. The summed E-state index contributed by atoms with van der Waals surface area (Å²) in [6, 6.07) is 12.1. The van der Waals surface area contributed by atoms with E-state index in [1.165, 1.54) is 19.2 Å². The minimum absolute atomic E-state index is 0.103. The number of hydrogen-bond donors (Lipinski definition) is 4. The number of rotatable bonds is 6. The fourth-order valence-corrected chi connectivity index (χ4v) is 4.82. The third-order valence-electron chi connectivity index (χ3n) is 7.06. The molecule has 0 amide bonds. The fourth-order valence-electron chi connectivity index (χ4n) is 4.82. The second-order valence-electron chi connectivity index (χ2n) is 10.1. The molecule has 0 bridgehead atoms. The number of H-pyrrole nitrogens is 1. The summed E-state index contributed by atoms with van der Waals surface area (Å²) >= 11 is 0. The van der Waals surface area contributed by atoms with Gasteiger partial charge in [-0.25, -0.2) is 23.1 Å². The topological polar surface area (TPSA) is 93.4 Å². The molecule has 2 saturated heterocycles. The number of anilines is 3. The highest BCUT2D eigenvalue weighted by Crippen LogP contribution is 2.38. The number of alkyl halides is 2. The van der Waals surface area contributed by atoms with Gasteiger partial charge in [0.2, 0.25) is 5.88 Å². The van der Waals surface area contributed by atoms with Crippen LogP contribution >= 0.6 is 0 Å². The van der Waals surface area contributed by atoms with Crippen molar-refractivity contribution in [2.75, 3.05) is 69.6 Å². The van der Waals surface area contributed by atoms with Crippen molar-refractivity contribution in [1.82, 2.24) is 30.5 Å². The molecule has 6 rings (SSSR count). The number of benzene rings is 2. The summed E-state index contributed by atoms with van der Waals surface area (Å²) in [6.45, 7) is 10.2. The molecule has 4 aromatic rings. The molecule has 4 heterocycles. The fraction of sp³-hybridized carbons (Fsp3) is 0.379. The van der Waals surface area contributed by atoms with E-state index in [2.05, 4.69) is 47.7 Å². The summed E-state index contributed by atoms with van der Waals surface area (Å²) in [6.07, 6.45) is -1.84. The number of piperazine rings is 2. The molecule has 0 atom stereocenters. The van der Waals surface area contributed by atoms with Gasteiger partial charge in [-0.15, -0.1) is 0 Å². The number of ether oxygens (including phenoxy) is 1. The van der Waals surface area contributed by atoms with Crippen LogP contribution in [-0.2, 0) is 0 Å². The predicted molar refractivity (Wildman–Crippen MR) is 155 cm³/mol. The Morgan fingerprint density at radius 1 is 0.927 bits per heavy atom. The highest BCUT2D eigenvalue weighted by molar-refractivity contribution is 5.82. The van der Waals surface area contributed by atoms with Gasteiger partial charge in [0.25, 0.3) is 6.43 Å². The van der Waals surface area contributed by atoms with Crippen LogP contribution in [-0.4, -0.2) is 79.3 Å². The van der Waals surface area contributed by atoms with E-state index in [1.807, 2.05) is 12.1 Å². The normalized spacial score (nSPS) is 16.0. The van der Waals surface area contributed by atoms with Crippen LogP contribution in [0.15, 0.2) is 48.8 Å². The van der Waals surface area contributed by atoms with E-state index in [0.29, 0.717) is 16.6 Å². The number of fused-ring (bicyclic) bond motifs is 1. The zero-order chi connectivity index (χ0) is 28.8. The number of hydrogen-bond acceptors (Lipinski definition) is 8. The molecule has 2 aromatic heterocycles. The Morgan fingerprint density at radius 2 is 1.61 bits per heavy atom. The van der Waals surface area contributed by atoms with Gasteiger partial charge >= 0.3 is 0 Å². The van der Waals surface area contributed by atoms with Crippen molar-refractivity contribution in [2.45, 2.75) is 13.3 Å². The first-order valence-corrected chi connectivity index (χ1v) is 13.7. The van der Waals surface area contributed by atoms with Gasteiger partial charge in [0.15, 0.2) is 11.6 Å². The van der Waals surface area contributed by atoms with E-state index in [-0.39, 0.29) is 11.6 Å². The first-order chi connectivity index (χ1) is 19.9. The monoisotopic (exact) mass is 568 g/mol. The smallest absolute Gasteiger partial charge is 0.272 e. The summed E-state index contributed by atoms with van der Waals surface area (Å²) in [7, 11) is 2.15. The van der Waals surface area contributed by atoms with Crippen LogP contribution in [0.3, 0.4) is 0 Å². The third-order valence-corrected chi connectivity index (χ3v) is 7.06. The largest absolute Gasteiger partial charge is 0.435 e. The van der Waals surface area contributed by atoms with E-state index < -0.39 is 23.7 Å². The van der Waals surface area contributed by atoms with Gasteiger partial charge in [0.05, 0.1) is 0 Å². The Morgan fingerprint density at radius 3 is 2.24 bits per heavy atom. The lowest BCUT2D eigenvalue weighted by Crippen LogP contribution is -2.43. The number of nitrogens with zero attached hydrogens (tertiary/aromatic N) is 4. The Hall–Kier alpha value is -3.87. The van der Waals surface area contributed by atoms with Crippen LogP contribution in [0.25, 0.3) is 10.9 Å². The Bertz CT molecular complexity index is 1430. The lowest BCUT2D eigenvalue weighted by Gasteiger charge is -2.29. The molecule has 218 valence electrons. The highest BCUT2D eigenvalue weighted by atomic mass is 19.3. The number of halogens is 3. The molecule has 0 saturated carbocycles. The average molecular weight is 569 g/mol. The van der Waals surface area contributed by atoms with Crippen molar-refractivity contribution in [3.8, 4) is 11.6 Å². The van der Waals surface area contributed by atoms with E-state index in [4.69, 9.17) is 4.74 Å². The van der Waals surface area contributed by atoms with Gasteiger partial charge < -0.3 is 35.5 Å². The molecule has 2 aliphatic rings. The molecular formula is C29H35F3N8O. The van der Waals surface area contributed by atoms with E-state index in [9.17, 15) is 13.2 Å². The molecule has 0 spiro atoms. The Kier molecular flexibility index (Phi) is 9.22. The molecule has 2 aromatic carbocycles. The van der Waals surface area contributed by atoms with Crippen LogP contribution in [0, 0.1) is 12.7 Å². The summed E-state index contributed by atoms with van der Waals surface area (Å²) in [5, 5.41) is 9.81. The molecule has 9 nitrogen and oxygen atoms in total. The SMILES string of the molecule is CN1CCNCC1.Cc1cc2c(F)c(Oc3ncnc(Nc4ccc(N5CCNCC5)cc4)c3C(F)F)ccc2[nH]1. The van der Waals surface area contributed by atoms with Crippen LogP contribution in [0.5, 0.6) is 11.6 Å². The highest BCUT2D eigenvalue weighted by Gasteiger charge is 2.24. The minimum atomic E-state index is -2.94. The quantitative estimate of drug-likeness (QED) is 0.264. The van der Waals surface area contributed by atoms with E-state index in [0.717, 1.165) is 57.0 Å². The number of aryl methyl sites for hydroxylation is 1. The van der Waals surface area contributed by atoms with Gasteiger partial charge in [-0.1, -0.05) is 0 Å². The van der Waals surface area contributed by atoms with Crippen molar-refractivity contribution in [3.63, 3.8) is 0 Å². The molecule has 0 radical (unpaired) electrons. The van der Waals surface area contributed by atoms with E-state index in [1.54, 1.807) is 31.2 Å². The maximum absolute atomic E-state index is 14.9. The number of nitrogens with one attached hydrogen (secondary N) is 4. The lowest BCUT2D eigenvalue weighted by atomic mass is 10.2. The van der Waals surface area contributed by atoms with Crippen LogP contribution < -0.4 is 25.6 Å².